The summed E-state index contributed by atoms with van der Waals surface area (Å²) < 4.78 is 5.44. The fourth-order valence-corrected chi connectivity index (χ4v) is 4.39. The van der Waals surface area contributed by atoms with Crippen LogP contribution in [0.3, 0.4) is 0 Å². The average Bonchev–Trinajstić information content (AvgIpc) is 3.22. The van der Waals surface area contributed by atoms with Gasteiger partial charge in [-0.15, -0.1) is 0 Å². The lowest BCUT2D eigenvalue weighted by atomic mass is 9.92. The van der Waals surface area contributed by atoms with Crippen LogP contribution in [0.2, 0.25) is 0 Å². The van der Waals surface area contributed by atoms with Crippen molar-refractivity contribution in [1.29, 1.82) is 0 Å². The number of benzene rings is 1. The fraction of sp³-hybridized carbons (Fsp3) is 0.545. The van der Waals surface area contributed by atoms with Gasteiger partial charge in [-0.1, -0.05) is 28.9 Å². The highest BCUT2D eigenvalue weighted by Crippen LogP contribution is 2.25. The number of carbonyl (C=O) groups is 2. The number of rotatable bonds is 5. The number of aromatic nitrogens is 2. The van der Waals surface area contributed by atoms with Crippen LogP contribution in [0.4, 0.5) is 0 Å². The molecule has 2 saturated heterocycles. The Morgan fingerprint density at radius 1 is 1.10 bits per heavy atom. The molecule has 3 heterocycles. The third-order valence-corrected chi connectivity index (χ3v) is 6.25. The van der Waals surface area contributed by atoms with Gasteiger partial charge in [-0.25, -0.2) is 0 Å². The summed E-state index contributed by atoms with van der Waals surface area (Å²) >= 11 is 0. The molecule has 0 unspecified atom stereocenters. The van der Waals surface area contributed by atoms with Gasteiger partial charge < -0.3 is 15.2 Å². The molecule has 2 aliphatic rings. The molecule has 8 heteroatoms. The van der Waals surface area contributed by atoms with Crippen molar-refractivity contribution >= 4 is 11.8 Å². The van der Waals surface area contributed by atoms with Crippen LogP contribution in [-0.4, -0.2) is 57.9 Å². The van der Waals surface area contributed by atoms with Crippen LogP contribution in [0.1, 0.15) is 37.1 Å². The van der Waals surface area contributed by atoms with Gasteiger partial charge in [0.1, 0.15) is 0 Å². The average molecular weight is 412 g/mol. The Balaban J connectivity index is 1.26. The number of hydrogen-bond acceptors (Lipinski definition) is 6. The van der Waals surface area contributed by atoms with Crippen molar-refractivity contribution < 1.29 is 14.1 Å². The van der Waals surface area contributed by atoms with E-state index in [0.717, 1.165) is 37.1 Å². The molecular formula is C22H29N5O3. The Hall–Kier alpha value is -2.74. The van der Waals surface area contributed by atoms with E-state index in [4.69, 9.17) is 10.3 Å². The summed E-state index contributed by atoms with van der Waals surface area (Å²) in [6.45, 7) is 5.57. The summed E-state index contributed by atoms with van der Waals surface area (Å²) in [5.41, 5.74) is 7.50. The number of nitrogens with two attached hydrogens (primary N) is 1. The number of primary amides is 1. The number of likely N-dealkylation sites (tertiary alicyclic amines) is 2. The van der Waals surface area contributed by atoms with E-state index in [2.05, 4.69) is 15.0 Å². The van der Waals surface area contributed by atoms with Crippen LogP contribution in [0.5, 0.6) is 0 Å². The predicted molar refractivity (Wildman–Crippen MR) is 111 cm³/mol. The Labute approximate surface area is 176 Å². The molecule has 0 saturated carbocycles. The molecule has 0 spiro atoms. The van der Waals surface area contributed by atoms with E-state index >= 15 is 0 Å². The van der Waals surface area contributed by atoms with E-state index < -0.39 is 0 Å². The minimum atomic E-state index is -0.248. The van der Waals surface area contributed by atoms with Gasteiger partial charge in [0.05, 0.1) is 6.54 Å². The first-order valence-corrected chi connectivity index (χ1v) is 10.7. The smallest absolute Gasteiger partial charge is 0.241 e. The Morgan fingerprint density at radius 2 is 1.80 bits per heavy atom. The first-order chi connectivity index (χ1) is 14.5. The van der Waals surface area contributed by atoms with Gasteiger partial charge >= 0.3 is 0 Å². The van der Waals surface area contributed by atoms with Crippen LogP contribution >= 0.6 is 0 Å². The van der Waals surface area contributed by atoms with Crippen molar-refractivity contribution in [1.82, 2.24) is 19.9 Å². The standard InChI is InChI=1S/C22H29N5O3/c1-15-3-2-4-18(13-15)21-24-19(30-25-21)14-26-9-5-17(6-10-26)22(29)27-11-7-16(8-12-27)20(23)28/h2-4,13,16-17H,5-12,14H2,1H3,(H2,23,28). The second kappa shape index (κ2) is 8.95. The van der Waals surface area contributed by atoms with Crippen molar-refractivity contribution in [3.8, 4) is 11.4 Å². The third kappa shape index (κ3) is 4.70. The van der Waals surface area contributed by atoms with Crippen molar-refractivity contribution in [2.75, 3.05) is 26.2 Å². The maximum absolute atomic E-state index is 12.8. The Bertz CT molecular complexity index is 896. The van der Waals surface area contributed by atoms with Crippen LogP contribution in [0.25, 0.3) is 11.4 Å². The van der Waals surface area contributed by atoms with Crippen LogP contribution in [0, 0.1) is 18.8 Å². The number of piperidine rings is 2. The maximum atomic E-state index is 12.8. The summed E-state index contributed by atoms with van der Waals surface area (Å²) in [4.78, 5) is 32.8. The van der Waals surface area contributed by atoms with E-state index in [1.807, 2.05) is 36.1 Å². The van der Waals surface area contributed by atoms with Gasteiger partial charge in [0, 0.05) is 30.5 Å². The molecule has 0 bridgehead atoms. The Morgan fingerprint density at radius 3 is 2.47 bits per heavy atom. The number of hydrogen-bond donors (Lipinski definition) is 1. The van der Waals surface area contributed by atoms with Gasteiger partial charge in [0.2, 0.25) is 23.5 Å². The summed E-state index contributed by atoms with van der Waals surface area (Å²) in [6, 6.07) is 8.04. The van der Waals surface area contributed by atoms with Crippen molar-refractivity contribution in [3.63, 3.8) is 0 Å². The number of nitrogens with zero attached hydrogens (tertiary/aromatic N) is 4. The molecule has 2 amide bonds. The fourth-order valence-electron chi connectivity index (χ4n) is 4.39. The topological polar surface area (TPSA) is 106 Å². The largest absolute Gasteiger partial charge is 0.369 e. The molecule has 2 aliphatic heterocycles. The summed E-state index contributed by atoms with van der Waals surface area (Å²) in [5.74, 6) is 1.15. The minimum Gasteiger partial charge on any atom is -0.369 e. The van der Waals surface area contributed by atoms with Crippen molar-refractivity contribution in [3.05, 3.63) is 35.7 Å². The third-order valence-electron chi connectivity index (χ3n) is 6.25. The Kier molecular flexibility index (Phi) is 6.13. The first kappa shape index (κ1) is 20.5. The highest BCUT2D eigenvalue weighted by atomic mass is 16.5. The molecule has 30 heavy (non-hydrogen) atoms. The number of aryl methyl sites for hydroxylation is 1. The summed E-state index contributed by atoms with van der Waals surface area (Å²) in [5, 5.41) is 4.11. The zero-order chi connectivity index (χ0) is 21.1. The maximum Gasteiger partial charge on any atom is 0.241 e. The van der Waals surface area contributed by atoms with Crippen LogP contribution < -0.4 is 5.73 Å². The monoisotopic (exact) mass is 411 g/mol. The lowest BCUT2D eigenvalue weighted by molar-refractivity contribution is -0.140. The van der Waals surface area contributed by atoms with E-state index in [1.54, 1.807) is 0 Å². The molecule has 1 aromatic heterocycles. The predicted octanol–water partition coefficient (Wildman–Crippen LogP) is 1.98. The van der Waals surface area contributed by atoms with E-state index in [1.165, 1.54) is 0 Å². The van der Waals surface area contributed by atoms with Gasteiger partial charge in [-0.2, -0.15) is 4.98 Å². The molecule has 0 atom stereocenters. The van der Waals surface area contributed by atoms with E-state index in [-0.39, 0.29) is 23.7 Å². The highest BCUT2D eigenvalue weighted by Gasteiger charge is 2.32. The number of carbonyl (C=O) groups excluding carboxylic acids is 2. The highest BCUT2D eigenvalue weighted by molar-refractivity contribution is 5.80. The SMILES string of the molecule is Cc1cccc(-c2noc(CN3CCC(C(=O)N4CCC(C(N)=O)CC4)CC3)n2)c1. The van der Waals surface area contributed by atoms with Gasteiger partial charge in [-0.05, 0) is 51.8 Å². The molecule has 160 valence electrons. The minimum absolute atomic E-state index is 0.0527. The van der Waals surface area contributed by atoms with Gasteiger partial charge in [0.25, 0.3) is 0 Å². The van der Waals surface area contributed by atoms with Crippen LogP contribution in [0.15, 0.2) is 28.8 Å². The quantitative estimate of drug-likeness (QED) is 0.806. The molecular weight excluding hydrogens is 382 g/mol. The second-order valence-electron chi connectivity index (χ2n) is 8.43. The number of amides is 2. The lowest BCUT2D eigenvalue weighted by Crippen LogP contribution is -2.46. The molecule has 1 aromatic carbocycles. The molecule has 2 fully saturated rings. The molecule has 2 N–H and O–H groups in total. The zero-order valence-corrected chi connectivity index (χ0v) is 17.4. The van der Waals surface area contributed by atoms with Crippen LogP contribution in [-0.2, 0) is 16.1 Å². The lowest BCUT2D eigenvalue weighted by Gasteiger charge is -2.36. The second-order valence-corrected chi connectivity index (χ2v) is 8.43. The van der Waals surface area contributed by atoms with E-state index in [0.29, 0.717) is 44.2 Å². The molecule has 2 aromatic rings. The van der Waals surface area contributed by atoms with Crippen molar-refractivity contribution in [2.24, 2.45) is 17.6 Å². The summed E-state index contributed by atoms with van der Waals surface area (Å²) in [6.07, 6.45) is 3.02. The molecule has 8 nitrogen and oxygen atoms in total. The van der Waals surface area contributed by atoms with E-state index in [9.17, 15) is 9.59 Å². The van der Waals surface area contributed by atoms with Gasteiger partial charge in [0.15, 0.2) is 0 Å². The normalized spacial score (nSPS) is 19.2. The summed E-state index contributed by atoms with van der Waals surface area (Å²) in [7, 11) is 0. The van der Waals surface area contributed by atoms with Crippen molar-refractivity contribution in [2.45, 2.75) is 39.2 Å². The molecule has 0 aliphatic carbocycles. The van der Waals surface area contributed by atoms with Gasteiger partial charge in [-0.3, -0.25) is 14.5 Å². The zero-order valence-electron chi connectivity index (χ0n) is 17.4. The first-order valence-electron chi connectivity index (χ1n) is 10.7. The molecule has 4 rings (SSSR count). The molecule has 0 radical (unpaired) electrons.